The van der Waals surface area contributed by atoms with Gasteiger partial charge in [0.15, 0.2) is 11.6 Å². The second-order valence-electron chi connectivity index (χ2n) is 17.1. The Morgan fingerprint density at radius 2 is 1.43 bits per heavy atom. The molecule has 0 unspecified atom stereocenters. The van der Waals surface area contributed by atoms with Crippen LogP contribution in [-0.4, -0.2) is 145 Å². The normalized spacial score (nSPS) is 19.4. The first kappa shape index (κ1) is 50.5. The van der Waals surface area contributed by atoms with Crippen molar-refractivity contribution >= 4 is 46.8 Å². The van der Waals surface area contributed by atoms with E-state index in [-0.39, 0.29) is 110 Å². The highest BCUT2D eigenvalue weighted by molar-refractivity contribution is 6.14. The fourth-order valence-corrected chi connectivity index (χ4v) is 8.78. The van der Waals surface area contributed by atoms with Crippen LogP contribution in [0.25, 0.3) is 0 Å². The number of amides is 4. The Morgan fingerprint density at radius 3 is 1.95 bits per heavy atom. The minimum Gasteiger partial charge on any atom is -0.379 e. The zero-order valence-electron chi connectivity index (χ0n) is 37.3. The van der Waals surface area contributed by atoms with Crippen LogP contribution >= 0.6 is 0 Å². The molecule has 0 radical (unpaired) electrons. The Hall–Kier alpha value is -3.62. The van der Waals surface area contributed by atoms with Crippen LogP contribution in [0.1, 0.15) is 113 Å². The molecule has 2 aliphatic rings. The maximum absolute atomic E-state index is 14.5. The lowest BCUT2D eigenvalue weighted by atomic mass is 9.83. The van der Waals surface area contributed by atoms with Gasteiger partial charge in [0.05, 0.1) is 49.8 Å². The maximum atomic E-state index is 14.5. The molecule has 2 aliphatic heterocycles. The molecule has 1 fully saturated rings. The number of carbonyl (C=O) groups is 8. The first-order chi connectivity index (χ1) is 27.2. The van der Waals surface area contributed by atoms with Crippen molar-refractivity contribution in [1.29, 1.82) is 0 Å². The molecule has 14 heteroatoms. The molecular formula is C44H72N4O10. The Bertz CT molecular complexity index is 1480. The summed E-state index contributed by atoms with van der Waals surface area (Å²) in [5, 5.41) is 0. The molecule has 2 rings (SSSR count). The van der Waals surface area contributed by atoms with Gasteiger partial charge in [0, 0.05) is 77.5 Å². The lowest BCUT2D eigenvalue weighted by Crippen LogP contribution is -2.54. The summed E-state index contributed by atoms with van der Waals surface area (Å²) in [7, 11) is 6.57. The zero-order chi connectivity index (χ0) is 44.0. The van der Waals surface area contributed by atoms with Crippen molar-refractivity contribution in [3.05, 3.63) is 12.2 Å². The van der Waals surface area contributed by atoms with E-state index < -0.39 is 42.0 Å². The molecule has 0 aromatic carbocycles. The standard InChI is InChI=1S/C44H72N4O10/c1-13-29(7)42(37(57-11)24-40(55)47-22-16-19-34(47)43(58-12)30(8)35(51)14-2)46(10)44(56)33(27(3)4)23-36(52)41(28(5)6)45(9)25-31(49)17-15-18-32(50)26-48-38(53)20-21-39(48)54/h20-21,27-30,33-34,37,41-43H,13-19,22-26H2,1-12H3/t29-,30-,33-,34-,37+,41-,42-,43+/m0/s1. The molecule has 0 aromatic heterocycles. The van der Waals surface area contributed by atoms with E-state index in [1.165, 1.54) is 0 Å². The van der Waals surface area contributed by atoms with E-state index in [1.807, 2.05) is 60.3 Å². The van der Waals surface area contributed by atoms with Gasteiger partial charge in [-0.15, -0.1) is 0 Å². The van der Waals surface area contributed by atoms with Crippen LogP contribution in [0.2, 0.25) is 0 Å². The monoisotopic (exact) mass is 817 g/mol. The average molecular weight is 817 g/mol. The average Bonchev–Trinajstić information content (AvgIpc) is 3.78. The van der Waals surface area contributed by atoms with Gasteiger partial charge in [-0.1, -0.05) is 61.8 Å². The van der Waals surface area contributed by atoms with Crippen molar-refractivity contribution in [3.63, 3.8) is 0 Å². The number of methoxy groups -OCH3 is 2. The number of nitrogens with zero attached hydrogens (tertiary/aromatic N) is 4. The molecule has 8 atom stereocenters. The molecule has 0 N–H and O–H groups in total. The lowest BCUT2D eigenvalue weighted by molar-refractivity contribution is -0.149. The third kappa shape index (κ3) is 13.5. The van der Waals surface area contributed by atoms with Crippen LogP contribution in [0.4, 0.5) is 0 Å². The predicted octanol–water partition coefficient (Wildman–Crippen LogP) is 4.31. The van der Waals surface area contributed by atoms with Gasteiger partial charge in [0.25, 0.3) is 11.8 Å². The predicted molar refractivity (Wildman–Crippen MR) is 220 cm³/mol. The summed E-state index contributed by atoms with van der Waals surface area (Å²) in [6.45, 7) is 15.6. The summed E-state index contributed by atoms with van der Waals surface area (Å²) < 4.78 is 11.8. The maximum Gasteiger partial charge on any atom is 0.254 e. The molecule has 14 nitrogen and oxygen atoms in total. The van der Waals surface area contributed by atoms with Crippen molar-refractivity contribution in [3.8, 4) is 0 Å². The van der Waals surface area contributed by atoms with E-state index in [1.54, 1.807) is 38.1 Å². The minimum atomic E-state index is -0.666. The molecule has 58 heavy (non-hydrogen) atoms. The SMILES string of the molecule is CCC(=O)[C@H](C)[C@@H](OC)[C@@H]1CCCN1C(=O)C[C@@H](OC)[C@H]([C@@H](C)CC)N(C)C(=O)[C@@H](CC(=O)[C@H](C(C)C)N(C)CC(=O)CCCC(=O)CN1C(=O)C=CC1=O)C(C)C. The number of ether oxygens (including phenoxy) is 2. The van der Waals surface area contributed by atoms with E-state index in [0.717, 1.165) is 29.9 Å². The van der Waals surface area contributed by atoms with Crippen LogP contribution in [-0.2, 0) is 47.8 Å². The number of imide groups is 1. The molecule has 2 heterocycles. The zero-order valence-corrected chi connectivity index (χ0v) is 37.3. The number of Topliss-reactive ketones (excluding diaryl/α,β-unsaturated/α-hetero) is 4. The molecule has 328 valence electrons. The van der Waals surface area contributed by atoms with E-state index in [9.17, 15) is 38.4 Å². The van der Waals surface area contributed by atoms with Gasteiger partial charge < -0.3 is 19.3 Å². The third-order valence-electron chi connectivity index (χ3n) is 12.3. The highest BCUT2D eigenvalue weighted by Crippen LogP contribution is 2.31. The smallest absolute Gasteiger partial charge is 0.254 e. The number of likely N-dealkylation sites (N-methyl/N-ethyl adjacent to an activating group) is 2. The molecule has 4 amide bonds. The van der Waals surface area contributed by atoms with Gasteiger partial charge >= 0.3 is 0 Å². The van der Waals surface area contributed by atoms with Gasteiger partial charge in [-0.25, -0.2) is 0 Å². The highest BCUT2D eigenvalue weighted by Gasteiger charge is 2.43. The molecule has 0 bridgehead atoms. The molecule has 0 aliphatic carbocycles. The van der Waals surface area contributed by atoms with Crippen LogP contribution < -0.4 is 0 Å². The molecule has 0 aromatic rings. The van der Waals surface area contributed by atoms with Gasteiger partial charge in [-0.05, 0) is 44.1 Å². The van der Waals surface area contributed by atoms with Crippen molar-refractivity contribution in [2.45, 2.75) is 144 Å². The van der Waals surface area contributed by atoms with Crippen LogP contribution in [0.15, 0.2) is 12.2 Å². The number of hydrogen-bond donors (Lipinski definition) is 0. The third-order valence-corrected chi connectivity index (χ3v) is 12.3. The van der Waals surface area contributed by atoms with Crippen molar-refractivity contribution in [1.82, 2.24) is 19.6 Å². The summed E-state index contributed by atoms with van der Waals surface area (Å²) in [6, 6.07) is -1.35. The second-order valence-corrected chi connectivity index (χ2v) is 17.1. The number of rotatable bonds is 27. The van der Waals surface area contributed by atoms with Crippen molar-refractivity contribution in [2.24, 2.45) is 29.6 Å². The number of carbonyl (C=O) groups excluding carboxylic acids is 8. The Balaban J connectivity index is 2.16. The van der Waals surface area contributed by atoms with Crippen LogP contribution in [0, 0.1) is 29.6 Å². The fourth-order valence-electron chi connectivity index (χ4n) is 8.78. The van der Waals surface area contributed by atoms with E-state index >= 15 is 0 Å². The van der Waals surface area contributed by atoms with Crippen LogP contribution in [0.3, 0.4) is 0 Å². The largest absolute Gasteiger partial charge is 0.379 e. The summed E-state index contributed by atoms with van der Waals surface area (Å²) >= 11 is 0. The molecule has 0 saturated carbocycles. The van der Waals surface area contributed by atoms with Crippen LogP contribution in [0.5, 0.6) is 0 Å². The number of ketones is 4. The summed E-state index contributed by atoms with van der Waals surface area (Å²) in [5.74, 6) is -3.36. The quantitative estimate of drug-likeness (QED) is 0.108. The molecular weight excluding hydrogens is 745 g/mol. The van der Waals surface area contributed by atoms with E-state index in [4.69, 9.17) is 9.47 Å². The number of hydrogen-bond acceptors (Lipinski definition) is 11. The second kappa shape index (κ2) is 23.8. The van der Waals surface area contributed by atoms with E-state index in [2.05, 4.69) is 0 Å². The van der Waals surface area contributed by atoms with Gasteiger partial charge in [-0.3, -0.25) is 48.2 Å². The first-order valence-corrected chi connectivity index (χ1v) is 21.2. The summed E-state index contributed by atoms with van der Waals surface area (Å²) in [6.07, 6.45) is 4.20. The highest BCUT2D eigenvalue weighted by atomic mass is 16.5. The fraction of sp³-hybridized carbons (Fsp3) is 0.773. The topological polar surface area (TPSA) is 168 Å². The van der Waals surface area contributed by atoms with Gasteiger partial charge in [-0.2, -0.15) is 0 Å². The van der Waals surface area contributed by atoms with Crippen molar-refractivity contribution < 1.29 is 47.8 Å². The lowest BCUT2D eigenvalue weighted by Gasteiger charge is -2.41. The summed E-state index contributed by atoms with van der Waals surface area (Å²) in [4.78, 5) is 110. The van der Waals surface area contributed by atoms with E-state index in [0.29, 0.717) is 19.4 Å². The summed E-state index contributed by atoms with van der Waals surface area (Å²) in [5.41, 5.74) is 0. The molecule has 0 spiro atoms. The van der Waals surface area contributed by atoms with Gasteiger partial charge in [0.1, 0.15) is 11.6 Å². The van der Waals surface area contributed by atoms with Gasteiger partial charge in [0.2, 0.25) is 11.8 Å². The Morgan fingerprint density at radius 1 is 0.828 bits per heavy atom. The Labute approximate surface area is 346 Å². The van der Waals surface area contributed by atoms with Crippen molar-refractivity contribution in [2.75, 3.05) is 47.9 Å². The molecule has 1 saturated heterocycles. The first-order valence-electron chi connectivity index (χ1n) is 21.2. The minimum absolute atomic E-state index is 0.0214. The number of likely N-dealkylation sites (tertiary alicyclic amines) is 1. The Kier molecular flexibility index (Phi) is 20.8.